The molecule has 0 aromatic carbocycles. The first-order valence-corrected chi connectivity index (χ1v) is 5.11. The Morgan fingerprint density at radius 2 is 2.44 bits per heavy atom. The third-order valence-electron chi connectivity index (χ3n) is 2.07. The van der Waals surface area contributed by atoms with Gasteiger partial charge >= 0.3 is 5.97 Å². The van der Waals surface area contributed by atoms with E-state index in [0.717, 1.165) is 13.0 Å². The minimum absolute atomic E-state index is 0.172. The number of carbonyl (C=O) groups is 1. The summed E-state index contributed by atoms with van der Waals surface area (Å²) < 4.78 is 0. The number of carboxylic acids is 1. The fourth-order valence-corrected chi connectivity index (χ4v) is 1.43. The fraction of sp³-hybridized carbons (Fsp3) is 0.364. The van der Waals surface area contributed by atoms with Crippen LogP contribution < -0.4 is 4.90 Å². The molecule has 86 valence electrons. The quantitative estimate of drug-likeness (QED) is 0.739. The highest BCUT2D eigenvalue weighted by Crippen LogP contribution is 2.16. The number of nitrogens with zero attached hydrogens (tertiary/aromatic N) is 3. The zero-order valence-corrected chi connectivity index (χ0v) is 9.26. The normalized spacial score (nSPS) is 9.81. The summed E-state index contributed by atoms with van der Waals surface area (Å²) in [7, 11) is 0. The predicted octanol–water partition coefficient (Wildman–Crippen LogP) is 1.58. The van der Waals surface area contributed by atoms with Crippen LogP contribution in [0.4, 0.5) is 5.82 Å². The minimum atomic E-state index is -0.991. The second kappa shape index (κ2) is 5.85. The van der Waals surface area contributed by atoms with Crippen molar-refractivity contribution in [1.82, 2.24) is 10.2 Å². The van der Waals surface area contributed by atoms with Crippen LogP contribution in [0.2, 0.25) is 0 Å². The van der Waals surface area contributed by atoms with Crippen molar-refractivity contribution < 1.29 is 9.90 Å². The van der Waals surface area contributed by atoms with E-state index in [1.165, 1.54) is 12.3 Å². The first-order valence-electron chi connectivity index (χ1n) is 5.11. The molecule has 1 aromatic rings. The summed E-state index contributed by atoms with van der Waals surface area (Å²) in [5, 5.41) is 16.6. The Bertz CT molecular complexity index is 379. The van der Waals surface area contributed by atoms with E-state index < -0.39 is 5.97 Å². The summed E-state index contributed by atoms with van der Waals surface area (Å²) in [6.45, 7) is 6.96. The van der Waals surface area contributed by atoms with E-state index in [9.17, 15) is 4.79 Å². The molecule has 0 aliphatic heterocycles. The third-order valence-corrected chi connectivity index (χ3v) is 2.07. The van der Waals surface area contributed by atoms with Gasteiger partial charge in [-0.05, 0) is 12.5 Å². The lowest BCUT2D eigenvalue weighted by molar-refractivity contribution is 0.0697. The van der Waals surface area contributed by atoms with Crippen molar-refractivity contribution in [2.75, 3.05) is 18.0 Å². The highest BCUT2D eigenvalue weighted by Gasteiger charge is 2.16. The standard InChI is InChI=1S/C11H15N3O2/c1-3-7-14(8-4-2)10-9(11(15)16)5-6-12-13-10/h3,5-6H,1,4,7-8H2,2H3,(H,15,16). The topological polar surface area (TPSA) is 66.3 Å². The Morgan fingerprint density at radius 1 is 1.69 bits per heavy atom. The largest absolute Gasteiger partial charge is 0.478 e. The van der Waals surface area contributed by atoms with Crippen LogP contribution in [-0.2, 0) is 0 Å². The van der Waals surface area contributed by atoms with Crippen LogP contribution in [0.3, 0.4) is 0 Å². The van der Waals surface area contributed by atoms with Gasteiger partial charge in [-0.1, -0.05) is 13.0 Å². The number of hydrogen-bond donors (Lipinski definition) is 1. The summed E-state index contributed by atoms with van der Waals surface area (Å²) in [6, 6.07) is 1.45. The Morgan fingerprint density at radius 3 is 3.00 bits per heavy atom. The maximum atomic E-state index is 11.0. The molecule has 5 heteroatoms. The van der Waals surface area contributed by atoms with Crippen molar-refractivity contribution in [3.05, 3.63) is 30.5 Å². The molecule has 0 amide bonds. The second-order valence-corrected chi connectivity index (χ2v) is 3.31. The number of aromatic carboxylic acids is 1. The monoisotopic (exact) mass is 221 g/mol. The molecule has 0 atom stereocenters. The van der Waals surface area contributed by atoms with E-state index in [1.54, 1.807) is 6.08 Å². The van der Waals surface area contributed by atoms with Crippen LogP contribution in [0.15, 0.2) is 24.9 Å². The molecule has 0 saturated heterocycles. The summed E-state index contributed by atoms with van der Waals surface area (Å²) in [4.78, 5) is 12.9. The first-order chi connectivity index (χ1) is 7.70. The van der Waals surface area contributed by atoms with E-state index in [4.69, 9.17) is 5.11 Å². The van der Waals surface area contributed by atoms with Crippen molar-refractivity contribution in [2.24, 2.45) is 0 Å². The van der Waals surface area contributed by atoms with Crippen molar-refractivity contribution in [3.63, 3.8) is 0 Å². The van der Waals surface area contributed by atoms with Crippen LogP contribution in [0.5, 0.6) is 0 Å². The van der Waals surface area contributed by atoms with Crippen LogP contribution >= 0.6 is 0 Å². The van der Waals surface area contributed by atoms with Gasteiger partial charge in [-0.2, -0.15) is 5.10 Å². The van der Waals surface area contributed by atoms with Gasteiger partial charge in [0, 0.05) is 13.1 Å². The summed E-state index contributed by atoms with van der Waals surface area (Å²) in [6.07, 6.45) is 4.00. The zero-order chi connectivity index (χ0) is 12.0. The van der Waals surface area contributed by atoms with E-state index in [1.807, 2.05) is 11.8 Å². The second-order valence-electron chi connectivity index (χ2n) is 3.31. The predicted molar refractivity (Wildman–Crippen MR) is 61.7 cm³/mol. The van der Waals surface area contributed by atoms with Crippen LogP contribution in [0, 0.1) is 0 Å². The molecule has 0 radical (unpaired) electrons. The molecular formula is C11H15N3O2. The molecule has 1 N–H and O–H groups in total. The van der Waals surface area contributed by atoms with E-state index in [-0.39, 0.29) is 5.56 Å². The summed E-state index contributed by atoms with van der Waals surface area (Å²) in [5.74, 6) is -0.591. The van der Waals surface area contributed by atoms with Crippen molar-refractivity contribution in [2.45, 2.75) is 13.3 Å². The lowest BCUT2D eigenvalue weighted by atomic mass is 10.2. The molecule has 16 heavy (non-hydrogen) atoms. The molecule has 1 rings (SSSR count). The van der Waals surface area contributed by atoms with Crippen molar-refractivity contribution in [3.8, 4) is 0 Å². The highest BCUT2D eigenvalue weighted by molar-refractivity contribution is 5.93. The van der Waals surface area contributed by atoms with Gasteiger partial charge in [-0.3, -0.25) is 0 Å². The maximum absolute atomic E-state index is 11.0. The van der Waals surface area contributed by atoms with Gasteiger partial charge in [0.25, 0.3) is 0 Å². The number of hydrogen-bond acceptors (Lipinski definition) is 4. The molecule has 5 nitrogen and oxygen atoms in total. The lowest BCUT2D eigenvalue weighted by Crippen LogP contribution is -2.27. The van der Waals surface area contributed by atoms with Gasteiger partial charge in [0.15, 0.2) is 5.82 Å². The number of anilines is 1. The third kappa shape index (κ3) is 2.79. The first kappa shape index (κ1) is 12.2. The molecule has 1 heterocycles. The molecule has 0 spiro atoms. The van der Waals surface area contributed by atoms with Gasteiger partial charge in [-0.25, -0.2) is 4.79 Å². The molecule has 0 aliphatic carbocycles. The molecule has 0 unspecified atom stereocenters. The lowest BCUT2D eigenvalue weighted by Gasteiger charge is -2.21. The summed E-state index contributed by atoms with van der Waals surface area (Å²) >= 11 is 0. The van der Waals surface area contributed by atoms with Crippen molar-refractivity contribution >= 4 is 11.8 Å². The maximum Gasteiger partial charge on any atom is 0.339 e. The Kier molecular flexibility index (Phi) is 4.44. The Hall–Kier alpha value is -1.91. The summed E-state index contributed by atoms with van der Waals surface area (Å²) in [5.41, 5.74) is 0.172. The van der Waals surface area contributed by atoms with Gasteiger partial charge in [0.1, 0.15) is 5.56 Å². The van der Waals surface area contributed by atoms with Gasteiger partial charge in [-0.15, -0.1) is 11.7 Å². The zero-order valence-electron chi connectivity index (χ0n) is 9.26. The molecule has 1 aromatic heterocycles. The number of aromatic nitrogens is 2. The van der Waals surface area contributed by atoms with Gasteiger partial charge in [0.2, 0.25) is 0 Å². The average Bonchev–Trinajstić information content (AvgIpc) is 2.29. The van der Waals surface area contributed by atoms with Gasteiger partial charge in [0.05, 0.1) is 6.20 Å². The Labute approximate surface area is 94.4 Å². The number of carboxylic acid groups (broad SMARTS) is 1. The van der Waals surface area contributed by atoms with E-state index in [0.29, 0.717) is 12.4 Å². The molecule has 0 bridgehead atoms. The molecule has 0 aliphatic rings. The van der Waals surface area contributed by atoms with Crippen molar-refractivity contribution in [1.29, 1.82) is 0 Å². The number of rotatable bonds is 6. The highest BCUT2D eigenvalue weighted by atomic mass is 16.4. The van der Waals surface area contributed by atoms with Crippen LogP contribution in [0.25, 0.3) is 0 Å². The Balaban J connectivity index is 3.06. The molecular weight excluding hydrogens is 206 g/mol. The van der Waals surface area contributed by atoms with Crippen LogP contribution in [0.1, 0.15) is 23.7 Å². The average molecular weight is 221 g/mol. The van der Waals surface area contributed by atoms with E-state index >= 15 is 0 Å². The van der Waals surface area contributed by atoms with Gasteiger partial charge < -0.3 is 10.0 Å². The smallest absolute Gasteiger partial charge is 0.339 e. The minimum Gasteiger partial charge on any atom is -0.478 e. The van der Waals surface area contributed by atoms with E-state index in [2.05, 4.69) is 16.8 Å². The molecule has 0 saturated carbocycles. The molecule has 0 fully saturated rings. The fourth-order valence-electron chi connectivity index (χ4n) is 1.43. The van der Waals surface area contributed by atoms with Crippen LogP contribution in [-0.4, -0.2) is 34.4 Å². The SMILES string of the molecule is C=CCN(CCC)c1nnccc1C(=O)O.